The Balaban J connectivity index is 0.000000192. The molecule has 3 aliphatic rings. The number of hydrogen-bond donors (Lipinski definition) is 9. The van der Waals surface area contributed by atoms with Gasteiger partial charge >= 0.3 is 24.7 Å². The van der Waals surface area contributed by atoms with Gasteiger partial charge in [0.05, 0.1) is 17.6 Å². The Morgan fingerprint density at radius 2 is 0.870 bits per heavy atom. The number of aromatic nitrogens is 8. The lowest BCUT2D eigenvalue weighted by atomic mass is 10.1. The van der Waals surface area contributed by atoms with Crippen LogP contribution in [0.5, 0.6) is 0 Å². The maximum Gasteiger partial charge on any atom is 0.432 e. The Morgan fingerprint density at radius 1 is 0.496 bits per heavy atom. The summed E-state index contributed by atoms with van der Waals surface area (Å²) in [6, 6.07) is 24.8. The number of sulfone groups is 1. The minimum atomic E-state index is -4.66. The van der Waals surface area contributed by atoms with Crippen LogP contribution in [0, 0.1) is 0 Å². The van der Waals surface area contributed by atoms with Gasteiger partial charge in [0, 0.05) is 176 Å². The van der Waals surface area contributed by atoms with E-state index in [0.717, 1.165) is 69.6 Å². The Morgan fingerprint density at radius 3 is 1.21 bits per heavy atom. The number of benzene rings is 4. The molecular weight excluding hydrogens is 1640 g/mol. The average molecular weight is 1730 g/mol. The predicted octanol–water partition coefficient (Wildman–Crippen LogP) is 11.9. The monoisotopic (exact) mass is 1730 g/mol. The number of piperidine rings is 1. The summed E-state index contributed by atoms with van der Waals surface area (Å²) in [5.74, 6) is -2.54. The summed E-state index contributed by atoms with van der Waals surface area (Å²) < 4.78 is 177. The summed E-state index contributed by atoms with van der Waals surface area (Å²) >= 11 is 24.8. The summed E-state index contributed by atoms with van der Waals surface area (Å²) in [5.41, 5.74) is 15.7. The van der Waals surface area contributed by atoms with Crippen molar-refractivity contribution in [2.45, 2.75) is 103 Å². The molecule has 26 nitrogen and oxygen atoms in total. The molecule has 2 unspecified atom stereocenters. The van der Waals surface area contributed by atoms with Crippen molar-refractivity contribution in [3.05, 3.63) is 191 Å². The van der Waals surface area contributed by atoms with Crippen molar-refractivity contribution in [1.29, 1.82) is 0 Å². The summed E-state index contributed by atoms with van der Waals surface area (Å²) in [7, 11) is -3.06. The molecule has 0 radical (unpaired) electrons. The molecule has 4 amide bonds. The van der Waals surface area contributed by atoms with E-state index in [0.29, 0.717) is 118 Å². The van der Waals surface area contributed by atoms with E-state index >= 15 is 0 Å². The lowest BCUT2D eigenvalue weighted by Gasteiger charge is -2.33. The van der Waals surface area contributed by atoms with Gasteiger partial charge in [-0.1, -0.05) is 96.6 Å². The third-order valence-corrected chi connectivity index (χ3v) is 21.8. The number of nitrogen functional groups attached to an aromatic ring is 3. The number of rotatable bonds is 26. The number of halogens is 16. The summed E-state index contributed by atoms with van der Waals surface area (Å²) in [4.78, 5) is 63.2. The molecular formula is C72H85Cl4F12N19O7S. The number of aliphatic hydroxyl groups excluding tert-OH is 1. The number of aromatic amines is 4. The molecule has 43 heteroatoms. The van der Waals surface area contributed by atoms with Crippen LogP contribution in [0.15, 0.2) is 103 Å². The van der Waals surface area contributed by atoms with E-state index in [1.165, 1.54) is 19.6 Å². The van der Waals surface area contributed by atoms with E-state index < -0.39 is 87.1 Å². The van der Waals surface area contributed by atoms with Crippen molar-refractivity contribution >= 4 is 96.9 Å². The van der Waals surface area contributed by atoms with Gasteiger partial charge in [-0.2, -0.15) is 73.1 Å². The van der Waals surface area contributed by atoms with E-state index in [4.69, 9.17) is 63.6 Å². The Labute approximate surface area is 673 Å². The average Bonchev–Trinajstić information content (AvgIpc) is 1.73. The van der Waals surface area contributed by atoms with Crippen molar-refractivity contribution in [2.24, 2.45) is 0 Å². The lowest BCUT2D eigenvalue weighted by Crippen LogP contribution is -2.51. The highest BCUT2D eigenvalue weighted by molar-refractivity contribution is 7.91. The fourth-order valence-electron chi connectivity index (χ4n) is 12.1. The van der Waals surface area contributed by atoms with Crippen LogP contribution in [0.1, 0.15) is 127 Å². The highest BCUT2D eigenvalue weighted by atomic mass is 35.5. The fraction of sp³-hybridized carbons (Fsp3) is 0.444. The number of alkyl halides is 12. The molecule has 8 aromatic rings. The van der Waals surface area contributed by atoms with Crippen LogP contribution in [0.2, 0.25) is 20.1 Å². The van der Waals surface area contributed by atoms with E-state index in [1.54, 1.807) is 78.9 Å². The summed E-state index contributed by atoms with van der Waals surface area (Å²) in [6.45, 7) is 11.1. The Kier molecular flexibility index (Phi) is 32.5. The van der Waals surface area contributed by atoms with Crippen LogP contribution >= 0.6 is 46.4 Å². The molecule has 0 bridgehead atoms. The third kappa shape index (κ3) is 26.8. The zero-order chi connectivity index (χ0) is 84.3. The number of nitrogens with one attached hydrogen (secondary N) is 5. The molecule has 0 spiro atoms. The highest BCUT2D eigenvalue weighted by Gasteiger charge is 2.39. The first-order chi connectivity index (χ1) is 54.1. The number of likely N-dealkylation sites (N-methyl/N-ethyl adjacent to an activating group) is 1. The van der Waals surface area contributed by atoms with E-state index in [2.05, 4.69) is 37.5 Å². The molecule has 2 atom stereocenters. The molecule has 0 saturated carbocycles. The van der Waals surface area contributed by atoms with Gasteiger partial charge in [0.2, 0.25) is 0 Å². The number of H-pyrrole nitrogens is 4. The number of amides is 4. The number of carbonyl (C=O) groups is 4. The predicted molar refractivity (Wildman–Crippen MR) is 408 cm³/mol. The van der Waals surface area contributed by atoms with Gasteiger partial charge in [-0.15, -0.1) is 0 Å². The van der Waals surface area contributed by atoms with Crippen molar-refractivity contribution in [1.82, 2.24) is 80.4 Å². The van der Waals surface area contributed by atoms with Crippen LogP contribution in [0.4, 0.5) is 69.7 Å². The van der Waals surface area contributed by atoms with Crippen LogP contribution in [0.3, 0.4) is 0 Å². The van der Waals surface area contributed by atoms with Crippen molar-refractivity contribution < 1.29 is 85.4 Å². The molecule has 628 valence electrons. The van der Waals surface area contributed by atoms with Gasteiger partial charge in [0.25, 0.3) is 23.6 Å². The maximum atomic E-state index is 13.0. The first-order valence-corrected chi connectivity index (χ1v) is 39.2. The Bertz CT molecular complexity index is 4600. The second kappa shape index (κ2) is 40.8. The molecule has 4 aromatic carbocycles. The molecule has 3 saturated heterocycles. The van der Waals surface area contributed by atoms with Crippen molar-refractivity contribution in [3.8, 4) is 0 Å². The quantitative estimate of drug-likeness (QED) is 0.0180. The zero-order valence-corrected chi connectivity index (χ0v) is 65.8. The van der Waals surface area contributed by atoms with E-state index in [9.17, 15) is 85.4 Å². The van der Waals surface area contributed by atoms with Crippen LogP contribution < -0.4 is 22.5 Å². The Hall–Kier alpha value is -8.93. The fourth-order valence-corrected chi connectivity index (χ4v) is 14.3. The van der Waals surface area contributed by atoms with Crippen LogP contribution in [0.25, 0.3) is 0 Å². The summed E-state index contributed by atoms with van der Waals surface area (Å²) in [5, 5.41) is 36.2. The first-order valence-electron chi connectivity index (χ1n) is 35.9. The molecule has 3 aliphatic heterocycles. The zero-order valence-electron chi connectivity index (χ0n) is 61.9. The van der Waals surface area contributed by atoms with Gasteiger partial charge in [-0.3, -0.25) is 49.4 Å². The topological polar surface area (TPSA) is 350 Å². The normalized spacial score (nSPS) is 15.9. The number of aliphatic hydroxyl groups is 1. The van der Waals surface area contributed by atoms with Gasteiger partial charge in [0.15, 0.2) is 32.6 Å². The van der Waals surface area contributed by atoms with Crippen molar-refractivity contribution in [2.75, 3.05) is 120 Å². The molecule has 0 aliphatic carbocycles. The molecule has 115 heavy (non-hydrogen) atoms. The van der Waals surface area contributed by atoms with Crippen LogP contribution in [-0.4, -0.2) is 228 Å². The standard InChI is InChI=1S/C19H23ClF3N5O2.C19H25ClF3N5O.C18H21ClF3N5O3S.C16H16ClF3N4O/c20-14-4-1-5-15(24)13(14)11-28(8-7-27-6-2-3-12(29)10-27)18(30)16-9-17(26-25-16)19(21,22)23;1-3-8-27(4-2)9-10-28(12-13-14(20)6-5-7-15(13)24)18(29)16-11-17(26-25-16)19(21,22)23;19-13-2-1-3-14(23)12(13)11-27(5-4-26-6-8-31(29,30)9-7-26)17(28)15-10-16(25-24-15)18(20,21)22;17-12-4-2-1-3-10(12)8-24(9-11-5-6-21-11)15(25)13-7-14(23-22-13)16(18,19)20/h1,4-5,9,12,29H,2-3,6-8,10-11,24H2,(H,25,26);5-7,11H,3-4,8-10,12,24H2,1-2H3,(H,25,26);1-3,10H,4-9,11,23H2,(H,24,25);1-4,7,11,21H,5-6,8-9H2,(H,22,23). The largest absolute Gasteiger partial charge is 0.432 e. The lowest BCUT2D eigenvalue weighted by molar-refractivity contribution is -0.142. The molecule has 3 fully saturated rings. The van der Waals surface area contributed by atoms with Gasteiger partial charge in [-0.05, 0) is 99.9 Å². The minimum Gasteiger partial charge on any atom is -0.398 e. The number of nitrogens with two attached hydrogens (primary N) is 3. The number of anilines is 3. The van der Waals surface area contributed by atoms with E-state index in [1.807, 2.05) is 37.1 Å². The number of carbonyl (C=O) groups excluding carboxylic acids is 4. The van der Waals surface area contributed by atoms with Gasteiger partial charge in [0.1, 0.15) is 22.8 Å². The summed E-state index contributed by atoms with van der Waals surface area (Å²) in [6.07, 6.45) is -15.5. The van der Waals surface area contributed by atoms with Crippen LogP contribution in [-0.2, 0) is 60.7 Å². The van der Waals surface area contributed by atoms with Crippen molar-refractivity contribution in [3.63, 3.8) is 0 Å². The molecule has 11 rings (SSSR count). The first kappa shape index (κ1) is 91.6. The number of nitrogens with zero attached hydrogens (tertiary/aromatic N) is 11. The van der Waals surface area contributed by atoms with E-state index in [-0.39, 0.29) is 79.6 Å². The smallest absolute Gasteiger partial charge is 0.398 e. The number of hydrogen-bond acceptors (Lipinski definition) is 18. The maximum absolute atomic E-state index is 13.0. The minimum absolute atomic E-state index is 0.0206. The number of likely N-dealkylation sites (tertiary alicyclic amines) is 1. The number of β-amino-alcohol motifs (C(OH)–C–C–N with tert-alkyl or cyclic N) is 1. The van der Waals surface area contributed by atoms with Gasteiger partial charge < -0.3 is 52.1 Å². The molecule has 7 heterocycles. The third-order valence-electron chi connectivity index (χ3n) is 18.7. The van der Waals surface area contributed by atoms with Gasteiger partial charge in [-0.25, -0.2) is 8.42 Å². The molecule has 4 aromatic heterocycles. The second-order valence-corrected chi connectivity index (χ2v) is 30.9. The molecule has 12 N–H and O–H groups in total. The second-order valence-electron chi connectivity index (χ2n) is 27.0. The SMILES string of the molecule is CCCN(CC)CCN(Cc1c(N)cccc1Cl)C(=O)c1cc(C(F)(F)F)[nH]n1.Nc1cccc(Cl)c1CN(CCN1CCCC(O)C1)C(=O)c1cc(C(F)(F)F)[nH]n1.Nc1cccc(Cl)c1CN(CCN1CCS(=O)(=O)CC1)C(=O)c1cc(C(F)(F)F)[nH]n1.O=C(c1cc(C(F)(F)F)[nH]n1)N(Cc1ccccc1Cl)CC1CCN1. The highest BCUT2D eigenvalue weighted by Crippen LogP contribution is 2.34.